The molecule has 2 aromatic carbocycles. The lowest BCUT2D eigenvalue weighted by Gasteiger charge is -2.08. The summed E-state index contributed by atoms with van der Waals surface area (Å²) in [6, 6.07) is 11.9. The topological polar surface area (TPSA) is 67.4 Å². The number of rotatable bonds is 6. The Kier molecular flexibility index (Phi) is 5.94. The number of hydrogen-bond donors (Lipinski definition) is 2. The van der Waals surface area contributed by atoms with Crippen molar-refractivity contribution in [1.29, 1.82) is 0 Å². The Morgan fingerprint density at radius 2 is 1.65 bits per heavy atom. The Labute approximate surface area is 137 Å². The normalized spacial score (nSPS) is 10.0. The van der Waals surface area contributed by atoms with Gasteiger partial charge < -0.3 is 15.4 Å². The summed E-state index contributed by atoms with van der Waals surface area (Å²) >= 11 is 5.73. The smallest absolute Gasteiger partial charge is 0.258 e. The van der Waals surface area contributed by atoms with Gasteiger partial charge in [0, 0.05) is 10.7 Å². The second-order valence-corrected chi connectivity index (χ2v) is 5.01. The number of halogens is 2. The quantitative estimate of drug-likeness (QED) is 0.852. The minimum atomic E-state index is -0.436. The Balaban J connectivity index is 1.70. The maximum Gasteiger partial charge on any atom is 0.258 e. The SMILES string of the molecule is O=C(COc1ccc(Cl)cc1)NCC(=O)Nc1ccc(F)cc1. The molecule has 0 fully saturated rings. The number of anilines is 1. The highest BCUT2D eigenvalue weighted by Gasteiger charge is 2.07. The summed E-state index contributed by atoms with van der Waals surface area (Å²) in [5.74, 6) is -0.748. The molecule has 0 radical (unpaired) electrons. The number of nitrogens with one attached hydrogen (secondary N) is 2. The maximum atomic E-state index is 12.7. The van der Waals surface area contributed by atoms with Crippen LogP contribution in [0.25, 0.3) is 0 Å². The molecular weight excluding hydrogens is 323 g/mol. The molecule has 2 rings (SSSR count). The molecule has 7 heteroatoms. The van der Waals surface area contributed by atoms with Gasteiger partial charge in [0.2, 0.25) is 5.91 Å². The molecule has 0 atom stereocenters. The van der Waals surface area contributed by atoms with Crippen LogP contribution >= 0.6 is 11.6 Å². The first kappa shape index (κ1) is 16.8. The largest absolute Gasteiger partial charge is 0.484 e. The summed E-state index contributed by atoms with van der Waals surface area (Å²) in [5, 5.41) is 5.52. The number of ether oxygens (including phenoxy) is 1. The van der Waals surface area contributed by atoms with Crippen LogP contribution in [0.3, 0.4) is 0 Å². The highest BCUT2D eigenvalue weighted by Crippen LogP contribution is 2.15. The maximum absolute atomic E-state index is 12.7. The predicted molar refractivity (Wildman–Crippen MR) is 85.0 cm³/mol. The third-order valence-corrected chi connectivity index (χ3v) is 3.01. The van der Waals surface area contributed by atoms with Gasteiger partial charge in [-0.3, -0.25) is 9.59 Å². The molecule has 0 aliphatic heterocycles. The fraction of sp³-hybridized carbons (Fsp3) is 0.125. The van der Waals surface area contributed by atoms with Crippen molar-refractivity contribution in [2.45, 2.75) is 0 Å². The van der Waals surface area contributed by atoms with Gasteiger partial charge in [0.1, 0.15) is 11.6 Å². The summed E-state index contributed by atoms with van der Waals surface area (Å²) in [4.78, 5) is 23.2. The van der Waals surface area contributed by atoms with Crippen molar-refractivity contribution in [2.75, 3.05) is 18.5 Å². The summed E-state index contributed by atoms with van der Waals surface area (Å²) in [5.41, 5.74) is 0.447. The summed E-state index contributed by atoms with van der Waals surface area (Å²) in [6.45, 7) is -0.425. The second kappa shape index (κ2) is 8.14. The van der Waals surface area contributed by atoms with Crippen molar-refractivity contribution in [2.24, 2.45) is 0 Å². The molecule has 120 valence electrons. The van der Waals surface area contributed by atoms with Crippen molar-refractivity contribution >= 4 is 29.1 Å². The van der Waals surface area contributed by atoms with Crippen LogP contribution in [0.2, 0.25) is 5.02 Å². The predicted octanol–water partition coefficient (Wildman–Crippen LogP) is 2.61. The van der Waals surface area contributed by atoms with E-state index in [1.807, 2.05) is 0 Å². The Hall–Kier alpha value is -2.60. The zero-order chi connectivity index (χ0) is 16.7. The van der Waals surface area contributed by atoms with Gasteiger partial charge in [-0.25, -0.2) is 4.39 Å². The monoisotopic (exact) mass is 336 g/mol. The van der Waals surface area contributed by atoms with Crippen molar-refractivity contribution in [3.05, 3.63) is 59.4 Å². The molecule has 0 heterocycles. The lowest BCUT2D eigenvalue weighted by Crippen LogP contribution is -2.35. The lowest BCUT2D eigenvalue weighted by atomic mass is 10.3. The number of carbonyl (C=O) groups excluding carboxylic acids is 2. The van der Waals surface area contributed by atoms with Gasteiger partial charge in [-0.1, -0.05) is 11.6 Å². The highest BCUT2D eigenvalue weighted by atomic mass is 35.5. The van der Waals surface area contributed by atoms with E-state index in [-0.39, 0.29) is 13.2 Å². The van der Waals surface area contributed by atoms with Gasteiger partial charge >= 0.3 is 0 Å². The van der Waals surface area contributed by atoms with Gasteiger partial charge in [0.15, 0.2) is 6.61 Å². The molecule has 0 aliphatic carbocycles. The van der Waals surface area contributed by atoms with Crippen LogP contribution in [0.4, 0.5) is 10.1 Å². The van der Waals surface area contributed by atoms with Gasteiger partial charge in [-0.05, 0) is 48.5 Å². The van der Waals surface area contributed by atoms with Crippen LogP contribution in [-0.2, 0) is 9.59 Å². The van der Waals surface area contributed by atoms with E-state index >= 15 is 0 Å². The average molecular weight is 337 g/mol. The lowest BCUT2D eigenvalue weighted by molar-refractivity contribution is -0.125. The molecule has 0 saturated heterocycles. The molecule has 2 aromatic rings. The van der Waals surface area contributed by atoms with Crippen molar-refractivity contribution in [1.82, 2.24) is 5.32 Å². The highest BCUT2D eigenvalue weighted by molar-refractivity contribution is 6.30. The number of hydrogen-bond acceptors (Lipinski definition) is 3. The first-order valence-electron chi connectivity index (χ1n) is 6.73. The van der Waals surface area contributed by atoms with E-state index in [0.29, 0.717) is 16.5 Å². The molecule has 0 bridgehead atoms. The molecule has 0 aliphatic rings. The van der Waals surface area contributed by atoms with Crippen LogP contribution in [0.5, 0.6) is 5.75 Å². The zero-order valence-corrected chi connectivity index (χ0v) is 12.8. The fourth-order valence-corrected chi connectivity index (χ4v) is 1.77. The van der Waals surface area contributed by atoms with Gasteiger partial charge in [-0.2, -0.15) is 0 Å². The van der Waals surface area contributed by atoms with Crippen LogP contribution < -0.4 is 15.4 Å². The van der Waals surface area contributed by atoms with Crippen LogP contribution in [0, 0.1) is 5.82 Å². The molecule has 0 aromatic heterocycles. The summed E-state index contributed by atoms with van der Waals surface area (Å²) in [7, 11) is 0. The zero-order valence-electron chi connectivity index (χ0n) is 12.0. The third kappa shape index (κ3) is 5.96. The third-order valence-electron chi connectivity index (χ3n) is 2.76. The van der Waals surface area contributed by atoms with Gasteiger partial charge in [-0.15, -0.1) is 0 Å². The standard InChI is InChI=1S/C16H14ClFN2O3/c17-11-1-7-14(8-2-11)23-10-16(22)19-9-15(21)20-13-5-3-12(18)4-6-13/h1-8H,9-10H2,(H,19,22)(H,20,21). The number of carbonyl (C=O) groups is 2. The Morgan fingerprint density at radius 1 is 1.00 bits per heavy atom. The molecule has 5 nitrogen and oxygen atoms in total. The first-order valence-corrected chi connectivity index (χ1v) is 7.11. The van der Waals surface area contributed by atoms with E-state index in [0.717, 1.165) is 0 Å². The van der Waals surface area contributed by atoms with Gasteiger partial charge in [0.25, 0.3) is 5.91 Å². The number of amides is 2. The molecule has 0 unspecified atom stereocenters. The molecule has 23 heavy (non-hydrogen) atoms. The van der Waals surface area contributed by atoms with Crippen LogP contribution in [-0.4, -0.2) is 25.0 Å². The fourth-order valence-electron chi connectivity index (χ4n) is 1.65. The Bertz CT molecular complexity index is 675. The second-order valence-electron chi connectivity index (χ2n) is 4.57. The molecular formula is C16H14ClFN2O3. The van der Waals surface area contributed by atoms with Crippen molar-refractivity contribution < 1.29 is 18.7 Å². The van der Waals surface area contributed by atoms with Crippen LogP contribution in [0.1, 0.15) is 0 Å². The summed E-state index contributed by atoms with van der Waals surface area (Å²) < 4.78 is 18.0. The van der Waals surface area contributed by atoms with E-state index in [2.05, 4.69) is 10.6 Å². The average Bonchev–Trinajstić information content (AvgIpc) is 2.54. The Morgan fingerprint density at radius 3 is 2.30 bits per heavy atom. The van der Waals surface area contributed by atoms with Crippen molar-refractivity contribution in [3.8, 4) is 5.75 Å². The summed E-state index contributed by atoms with van der Waals surface area (Å²) in [6.07, 6.45) is 0. The van der Waals surface area contributed by atoms with E-state index in [1.165, 1.54) is 24.3 Å². The molecule has 0 spiro atoms. The molecule has 2 amide bonds. The first-order chi connectivity index (χ1) is 11.0. The van der Waals surface area contributed by atoms with E-state index in [1.54, 1.807) is 24.3 Å². The molecule has 0 saturated carbocycles. The van der Waals surface area contributed by atoms with E-state index in [9.17, 15) is 14.0 Å². The minimum Gasteiger partial charge on any atom is -0.484 e. The minimum absolute atomic E-state index is 0.208. The van der Waals surface area contributed by atoms with Crippen molar-refractivity contribution in [3.63, 3.8) is 0 Å². The van der Waals surface area contributed by atoms with E-state index < -0.39 is 17.6 Å². The van der Waals surface area contributed by atoms with E-state index in [4.69, 9.17) is 16.3 Å². The molecule has 2 N–H and O–H groups in total. The van der Waals surface area contributed by atoms with Crippen LogP contribution in [0.15, 0.2) is 48.5 Å². The number of benzene rings is 2. The van der Waals surface area contributed by atoms with Gasteiger partial charge in [0.05, 0.1) is 6.54 Å².